The van der Waals surface area contributed by atoms with Crippen molar-refractivity contribution in [1.29, 1.82) is 0 Å². The lowest BCUT2D eigenvalue weighted by molar-refractivity contribution is 0.101. The van der Waals surface area contributed by atoms with Gasteiger partial charge in [0.1, 0.15) is 11.4 Å². The van der Waals surface area contributed by atoms with Crippen LogP contribution in [0.5, 0.6) is 0 Å². The number of nitrogens with one attached hydrogen (secondary N) is 2. The normalized spacial score (nSPS) is 10.9. The molecule has 0 saturated heterocycles. The molecule has 0 unspecified atom stereocenters. The maximum Gasteiger partial charge on any atom is 0.274 e. The van der Waals surface area contributed by atoms with Gasteiger partial charge in [0.2, 0.25) is 0 Å². The van der Waals surface area contributed by atoms with E-state index >= 15 is 0 Å². The fourth-order valence-corrected chi connectivity index (χ4v) is 4.01. The van der Waals surface area contributed by atoms with E-state index in [2.05, 4.69) is 25.6 Å². The fraction of sp³-hybridized carbons (Fsp3) is 0.0741. The molecule has 0 bridgehead atoms. The number of carbonyl (C=O) groups is 2. The van der Waals surface area contributed by atoms with Crippen molar-refractivity contribution >= 4 is 56.4 Å². The van der Waals surface area contributed by atoms with Crippen LogP contribution >= 0.6 is 0 Å². The number of pyridine rings is 3. The highest BCUT2D eigenvalue weighted by Gasteiger charge is 2.14. The van der Waals surface area contributed by atoms with Gasteiger partial charge in [0.15, 0.2) is 0 Å². The molecule has 9 nitrogen and oxygen atoms in total. The van der Waals surface area contributed by atoms with E-state index in [1.54, 1.807) is 54.6 Å². The average Bonchev–Trinajstić information content (AvgIpc) is 2.84. The third-order valence-corrected chi connectivity index (χ3v) is 5.67. The van der Waals surface area contributed by atoms with Gasteiger partial charge in [0.25, 0.3) is 11.8 Å². The molecule has 0 aliphatic carbocycles. The second-order valence-corrected chi connectivity index (χ2v) is 8.49. The fourth-order valence-electron chi connectivity index (χ4n) is 4.01. The predicted molar refractivity (Wildman–Crippen MR) is 142 cm³/mol. The second-order valence-electron chi connectivity index (χ2n) is 8.49. The number of nitrogen functional groups attached to an aromatic ring is 2. The molecule has 0 saturated carbocycles. The summed E-state index contributed by atoms with van der Waals surface area (Å²) < 4.78 is 0. The topological polar surface area (TPSA) is 149 Å². The zero-order valence-corrected chi connectivity index (χ0v) is 19.7. The van der Waals surface area contributed by atoms with Crippen molar-refractivity contribution in [3.8, 4) is 0 Å². The van der Waals surface area contributed by atoms with Gasteiger partial charge in [0.05, 0.1) is 11.0 Å². The van der Waals surface area contributed by atoms with Gasteiger partial charge < -0.3 is 22.1 Å². The van der Waals surface area contributed by atoms with Gasteiger partial charge in [-0.05, 0) is 74.5 Å². The van der Waals surface area contributed by atoms with Crippen LogP contribution in [0.2, 0.25) is 0 Å². The van der Waals surface area contributed by atoms with Crippen molar-refractivity contribution in [2.24, 2.45) is 0 Å². The molecule has 2 amide bonds. The standard InChI is InChI=1S/C27H23N7O2/c1-14-10-20(28)18-12-16(6-8-22(18)30-14)32-26(35)24-4-3-5-25(34-24)27(36)33-17-7-9-23-19(13-17)21(29)11-15(2)31-23/h3-13H,1-2H3,(H2,28,30)(H2,29,31)(H,32,35)(H,33,36). The van der Waals surface area contributed by atoms with Crippen LogP contribution in [0.3, 0.4) is 0 Å². The van der Waals surface area contributed by atoms with Crippen LogP contribution in [0.15, 0.2) is 66.7 Å². The van der Waals surface area contributed by atoms with E-state index in [9.17, 15) is 9.59 Å². The van der Waals surface area contributed by atoms with Crippen molar-refractivity contribution < 1.29 is 9.59 Å². The molecule has 0 fully saturated rings. The van der Waals surface area contributed by atoms with Crippen molar-refractivity contribution in [2.45, 2.75) is 13.8 Å². The Balaban J connectivity index is 1.34. The summed E-state index contributed by atoms with van der Waals surface area (Å²) in [6.07, 6.45) is 0. The van der Waals surface area contributed by atoms with E-state index in [1.807, 2.05) is 13.8 Å². The Hall–Kier alpha value is -5.05. The summed E-state index contributed by atoms with van der Waals surface area (Å²) in [5.74, 6) is -0.912. The van der Waals surface area contributed by atoms with E-state index in [0.717, 1.165) is 33.2 Å². The molecular weight excluding hydrogens is 454 g/mol. The molecule has 3 aromatic heterocycles. The van der Waals surface area contributed by atoms with Gasteiger partial charge >= 0.3 is 0 Å². The molecule has 36 heavy (non-hydrogen) atoms. The minimum Gasteiger partial charge on any atom is -0.398 e. The van der Waals surface area contributed by atoms with Crippen molar-refractivity contribution in [2.75, 3.05) is 22.1 Å². The molecule has 5 rings (SSSR count). The summed E-state index contributed by atoms with van der Waals surface area (Å²) in [5, 5.41) is 7.08. The van der Waals surface area contributed by atoms with Crippen LogP contribution in [-0.4, -0.2) is 26.8 Å². The largest absolute Gasteiger partial charge is 0.398 e. The molecular formula is C27H23N7O2. The van der Waals surface area contributed by atoms with Crippen LogP contribution in [0.1, 0.15) is 32.4 Å². The Morgan fingerprint density at radius 2 is 1.08 bits per heavy atom. The molecule has 0 atom stereocenters. The number of nitrogens with zero attached hydrogens (tertiary/aromatic N) is 3. The van der Waals surface area contributed by atoms with E-state index in [4.69, 9.17) is 11.5 Å². The van der Waals surface area contributed by atoms with Crippen molar-refractivity contribution in [1.82, 2.24) is 15.0 Å². The molecule has 5 aromatic rings. The highest BCUT2D eigenvalue weighted by molar-refractivity contribution is 6.07. The van der Waals surface area contributed by atoms with Crippen LogP contribution in [-0.2, 0) is 0 Å². The summed E-state index contributed by atoms with van der Waals surface area (Å²) >= 11 is 0. The predicted octanol–water partition coefficient (Wildman–Crippen LogP) is 4.46. The monoisotopic (exact) mass is 477 g/mol. The Morgan fingerprint density at radius 3 is 1.53 bits per heavy atom. The van der Waals surface area contributed by atoms with E-state index < -0.39 is 11.8 Å². The number of aryl methyl sites for hydroxylation is 2. The third-order valence-electron chi connectivity index (χ3n) is 5.67. The van der Waals surface area contributed by atoms with E-state index in [-0.39, 0.29) is 11.4 Å². The summed E-state index contributed by atoms with van der Waals surface area (Å²) in [6.45, 7) is 3.74. The Morgan fingerprint density at radius 1 is 0.639 bits per heavy atom. The molecule has 9 heteroatoms. The minimum absolute atomic E-state index is 0.0974. The molecule has 2 aromatic carbocycles. The van der Waals surface area contributed by atoms with Gasteiger partial charge in [-0.25, -0.2) is 4.98 Å². The maximum atomic E-state index is 12.9. The number of aromatic nitrogens is 3. The molecule has 0 spiro atoms. The number of hydrogen-bond donors (Lipinski definition) is 4. The Bertz CT molecular complexity index is 1560. The molecule has 6 N–H and O–H groups in total. The first-order chi connectivity index (χ1) is 17.3. The lowest BCUT2D eigenvalue weighted by Crippen LogP contribution is -2.18. The Labute approximate surface area is 206 Å². The second kappa shape index (κ2) is 8.95. The Kier molecular flexibility index (Phi) is 5.65. The smallest absolute Gasteiger partial charge is 0.274 e. The number of nitrogens with two attached hydrogens (primary N) is 2. The highest BCUT2D eigenvalue weighted by atomic mass is 16.2. The number of anilines is 4. The number of fused-ring (bicyclic) bond motifs is 2. The summed E-state index contributed by atoms with van der Waals surface area (Å²) in [7, 11) is 0. The van der Waals surface area contributed by atoms with E-state index in [0.29, 0.717) is 22.7 Å². The zero-order valence-electron chi connectivity index (χ0n) is 19.7. The number of benzene rings is 2. The molecule has 178 valence electrons. The molecule has 0 aliphatic heterocycles. The number of hydrogen-bond acceptors (Lipinski definition) is 7. The molecule has 0 radical (unpaired) electrons. The van der Waals surface area contributed by atoms with Crippen LogP contribution < -0.4 is 22.1 Å². The first-order valence-electron chi connectivity index (χ1n) is 11.2. The van der Waals surface area contributed by atoms with Gasteiger partial charge in [-0.15, -0.1) is 0 Å². The average molecular weight is 478 g/mol. The van der Waals surface area contributed by atoms with Gasteiger partial charge in [-0.3, -0.25) is 19.6 Å². The lowest BCUT2D eigenvalue weighted by atomic mass is 10.1. The molecule has 3 heterocycles. The first-order valence-corrected chi connectivity index (χ1v) is 11.2. The quantitative estimate of drug-likeness (QED) is 0.298. The summed E-state index contributed by atoms with van der Waals surface area (Å²) in [6, 6.07) is 18.8. The van der Waals surface area contributed by atoms with Crippen LogP contribution in [0.25, 0.3) is 21.8 Å². The zero-order chi connectivity index (χ0) is 25.4. The van der Waals surface area contributed by atoms with Crippen LogP contribution in [0, 0.1) is 13.8 Å². The number of amides is 2. The highest BCUT2D eigenvalue weighted by Crippen LogP contribution is 2.25. The molecule has 0 aliphatic rings. The summed E-state index contributed by atoms with van der Waals surface area (Å²) in [5.41, 5.74) is 17.8. The van der Waals surface area contributed by atoms with Gasteiger partial charge in [0, 0.05) is 44.9 Å². The number of rotatable bonds is 4. The third kappa shape index (κ3) is 4.49. The SMILES string of the molecule is Cc1cc(N)c2cc(NC(=O)c3cccc(C(=O)Nc4ccc5nc(C)cc(N)c5c4)n3)ccc2n1. The number of carbonyl (C=O) groups excluding carboxylic acids is 2. The van der Waals surface area contributed by atoms with Crippen molar-refractivity contribution in [3.63, 3.8) is 0 Å². The summed E-state index contributed by atoms with van der Waals surface area (Å²) in [4.78, 5) is 38.9. The van der Waals surface area contributed by atoms with Crippen molar-refractivity contribution in [3.05, 3.63) is 89.5 Å². The van der Waals surface area contributed by atoms with E-state index in [1.165, 1.54) is 12.1 Å². The van der Waals surface area contributed by atoms with Gasteiger partial charge in [-0.1, -0.05) is 6.07 Å². The first kappa shape index (κ1) is 22.7. The lowest BCUT2D eigenvalue weighted by Gasteiger charge is -2.10. The van der Waals surface area contributed by atoms with Gasteiger partial charge in [-0.2, -0.15) is 0 Å². The minimum atomic E-state index is -0.456. The maximum absolute atomic E-state index is 12.9. The van der Waals surface area contributed by atoms with Crippen LogP contribution in [0.4, 0.5) is 22.7 Å².